The first-order valence-corrected chi connectivity index (χ1v) is 9.08. The van der Waals surface area contributed by atoms with E-state index in [1.54, 1.807) is 0 Å². The van der Waals surface area contributed by atoms with Crippen LogP contribution in [0.3, 0.4) is 0 Å². The summed E-state index contributed by atoms with van der Waals surface area (Å²) in [5, 5.41) is 7.76. The average Bonchev–Trinajstić information content (AvgIpc) is 3.43. The number of hydrogen-bond donors (Lipinski definition) is 1. The van der Waals surface area contributed by atoms with Crippen molar-refractivity contribution in [1.82, 2.24) is 15.1 Å². The van der Waals surface area contributed by atoms with Gasteiger partial charge in [-0.15, -0.1) is 0 Å². The molecule has 0 unspecified atom stereocenters. The number of carbonyl (C=O) groups is 1. The van der Waals surface area contributed by atoms with Gasteiger partial charge in [-0.3, -0.25) is 4.79 Å². The van der Waals surface area contributed by atoms with Gasteiger partial charge in [0.15, 0.2) is 0 Å². The second-order valence-corrected chi connectivity index (χ2v) is 6.97. The summed E-state index contributed by atoms with van der Waals surface area (Å²) in [7, 11) is 0. The molecule has 1 N–H and O–H groups in total. The Morgan fingerprint density at radius 2 is 1.73 bits per heavy atom. The van der Waals surface area contributed by atoms with Crippen LogP contribution in [0.15, 0.2) is 60.7 Å². The van der Waals surface area contributed by atoms with Crippen LogP contribution in [0.5, 0.6) is 0 Å². The van der Waals surface area contributed by atoms with E-state index in [0.717, 1.165) is 29.1 Å². The van der Waals surface area contributed by atoms with E-state index in [4.69, 9.17) is 0 Å². The average molecular weight is 345 g/mol. The van der Waals surface area contributed by atoms with Gasteiger partial charge in [-0.1, -0.05) is 48.5 Å². The molecule has 26 heavy (non-hydrogen) atoms. The van der Waals surface area contributed by atoms with Crippen molar-refractivity contribution in [2.75, 3.05) is 0 Å². The molecule has 132 valence electrons. The minimum Gasteiger partial charge on any atom is -0.352 e. The summed E-state index contributed by atoms with van der Waals surface area (Å²) < 4.78 is 1.95. The molecule has 4 rings (SSSR count). The van der Waals surface area contributed by atoms with E-state index in [9.17, 15) is 4.79 Å². The Hall–Kier alpha value is -2.88. The maximum atomic E-state index is 12.5. The number of aryl methyl sites for hydroxylation is 1. The zero-order valence-corrected chi connectivity index (χ0v) is 15.1. The molecule has 1 fully saturated rings. The number of nitrogens with one attached hydrogen (secondary N) is 1. The van der Waals surface area contributed by atoms with E-state index in [1.165, 1.54) is 5.56 Å². The van der Waals surface area contributed by atoms with E-state index in [2.05, 4.69) is 29.5 Å². The van der Waals surface area contributed by atoms with Crippen molar-refractivity contribution >= 4 is 5.91 Å². The first kappa shape index (κ1) is 16.6. The number of nitrogens with zero attached hydrogens (tertiary/aromatic N) is 2. The lowest BCUT2D eigenvalue weighted by Gasteiger charge is -2.07. The zero-order valence-electron chi connectivity index (χ0n) is 15.1. The summed E-state index contributed by atoms with van der Waals surface area (Å²) in [6, 6.07) is 20.4. The quantitative estimate of drug-likeness (QED) is 0.762. The molecule has 1 saturated carbocycles. The SMILES string of the molecule is Cc1nn(-c2ccccc2)c(C)c1CNC(=O)[C@H]1C[C@H]1c1ccccc1. The fraction of sp³-hybridized carbons (Fsp3) is 0.273. The van der Waals surface area contributed by atoms with E-state index in [-0.39, 0.29) is 11.8 Å². The summed E-state index contributed by atoms with van der Waals surface area (Å²) in [6.45, 7) is 4.58. The van der Waals surface area contributed by atoms with Gasteiger partial charge < -0.3 is 5.32 Å². The van der Waals surface area contributed by atoms with Crippen LogP contribution in [0.25, 0.3) is 5.69 Å². The molecule has 3 aromatic rings. The van der Waals surface area contributed by atoms with Crippen LogP contribution in [0, 0.1) is 19.8 Å². The van der Waals surface area contributed by atoms with Gasteiger partial charge in [-0.2, -0.15) is 5.10 Å². The first-order valence-electron chi connectivity index (χ1n) is 9.08. The predicted molar refractivity (Wildman–Crippen MR) is 102 cm³/mol. The van der Waals surface area contributed by atoms with E-state index >= 15 is 0 Å². The second-order valence-electron chi connectivity index (χ2n) is 6.97. The van der Waals surface area contributed by atoms with Crippen molar-refractivity contribution in [3.05, 3.63) is 83.2 Å². The van der Waals surface area contributed by atoms with Crippen LogP contribution in [-0.2, 0) is 11.3 Å². The molecule has 4 nitrogen and oxygen atoms in total. The van der Waals surface area contributed by atoms with Gasteiger partial charge in [0.25, 0.3) is 0 Å². The lowest BCUT2D eigenvalue weighted by Crippen LogP contribution is -2.25. The smallest absolute Gasteiger partial charge is 0.224 e. The Bertz CT molecular complexity index is 915. The molecular formula is C22H23N3O. The summed E-state index contributed by atoms with van der Waals surface area (Å²) in [5.41, 5.74) is 5.43. The molecule has 0 bridgehead atoms. The van der Waals surface area contributed by atoms with Crippen LogP contribution in [-0.4, -0.2) is 15.7 Å². The van der Waals surface area contributed by atoms with Crippen LogP contribution >= 0.6 is 0 Å². The standard InChI is InChI=1S/C22H23N3O/c1-15-21(16(2)25(24-15)18-11-7-4-8-12-18)14-23-22(26)20-13-19(20)17-9-5-3-6-10-17/h3-12,19-20H,13-14H2,1-2H3,(H,23,26)/t19-,20-/m0/s1. The number of para-hydroxylation sites is 1. The highest BCUT2D eigenvalue weighted by Gasteiger charge is 2.43. The topological polar surface area (TPSA) is 46.9 Å². The monoisotopic (exact) mass is 345 g/mol. The van der Waals surface area contributed by atoms with Gasteiger partial charge in [0.2, 0.25) is 5.91 Å². The normalized spacial score (nSPS) is 18.5. The lowest BCUT2D eigenvalue weighted by molar-refractivity contribution is -0.122. The number of rotatable bonds is 5. The van der Waals surface area contributed by atoms with Crippen LogP contribution in [0.4, 0.5) is 0 Å². The summed E-state index contributed by atoms with van der Waals surface area (Å²) >= 11 is 0. The maximum absolute atomic E-state index is 12.5. The number of hydrogen-bond acceptors (Lipinski definition) is 2. The maximum Gasteiger partial charge on any atom is 0.224 e. The van der Waals surface area contributed by atoms with Crippen LogP contribution in [0.2, 0.25) is 0 Å². The molecule has 1 aromatic heterocycles. The van der Waals surface area contributed by atoms with Gasteiger partial charge >= 0.3 is 0 Å². The molecule has 0 spiro atoms. The molecule has 4 heteroatoms. The Balaban J connectivity index is 1.43. The molecule has 1 heterocycles. The molecule has 0 saturated heterocycles. The van der Waals surface area contributed by atoms with E-state index in [1.807, 2.05) is 60.1 Å². The van der Waals surface area contributed by atoms with Crippen molar-refractivity contribution < 1.29 is 4.79 Å². The number of amides is 1. The first-order chi connectivity index (χ1) is 12.6. The molecule has 0 aliphatic heterocycles. The van der Waals surface area contributed by atoms with Crippen LogP contribution < -0.4 is 5.32 Å². The molecule has 2 atom stereocenters. The minimum atomic E-state index is 0.0992. The van der Waals surface area contributed by atoms with Crippen molar-refractivity contribution in [3.8, 4) is 5.69 Å². The minimum absolute atomic E-state index is 0.0992. The Morgan fingerprint density at radius 1 is 1.08 bits per heavy atom. The van der Waals surface area contributed by atoms with E-state index < -0.39 is 0 Å². The number of carbonyl (C=O) groups excluding carboxylic acids is 1. The Labute approximate surface area is 153 Å². The highest BCUT2D eigenvalue weighted by molar-refractivity contribution is 5.82. The molecule has 2 aromatic carbocycles. The van der Waals surface area contributed by atoms with Crippen molar-refractivity contribution in [2.24, 2.45) is 5.92 Å². The van der Waals surface area contributed by atoms with Gasteiger partial charge in [0.05, 0.1) is 11.4 Å². The van der Waals surface area contributed by atoms with Gasteiger partial charge in [0, 0.05) is 23.7 Å². The largest absolute Gasteiger partial charge is 0.352 e. The van der Waals surface area contributed by atoms with E-state index in [0.29, 0.717) is 12.5 Å². The molecule has 1 amide bonds. The molecular weight excluding hydrogens is 322 g/mol. The third-order valence-electron chi connectivity index (χ3n) is 5.24. The van der Waals surface area contributed by atoms with Gasteiger partial charge in [-0.25, -0.2) is 4.68 Å². The van der Waals surface area contributed by atoms with Crippen molar-refractivity contribution in [2.45, 2.75) is 32.7 Å². The van der Waals surface area contributed by atoms with Crippen molar-refractivity contribution in [3.63, 3.8) is 0 Å². The third-order valence-corrected chi connectivity index (χ3v) is 5.24. The molecule has 1 aliphatic carbocycles. The summed E-state index contributed by atoms with van der Waals surface area (Å²) in [4.78, 5) is 12.5. The predicted octanol–water partition coefficient (Wildman–Crippen LogP) is 3.91. The summed E-state index contributed by atoms with van der Waals surface area (Å²) in [5.74, 6) is 0.609. The van der Waals surface area contributed by atoms with Crippen molar-refractivity contribution in [1.29, 1.82) is 0 Å². The number of benzene rings is 2. The van der Waals surface area contributed by atoms with Gasteiger partial charge in [-0.05, 0) is 43.9 Å². The highest BCUT2D eigenvalue weighted by Crippen LogP contribution is 2.47. The second kappa shape index (κ2) is 6.79. The summed E-state index contributed by atoms with van der Waals surface area (Å²) in [6.07, 6.45) is 0.942. The molecule has 1 aliphatic rings. The highest BCUT2D eigenvalue weighted by atomic mass is 16.2. The fourth-order valence-corrected chi connectivity index (χ4v) is 3.61. The van der Waals surface area contributed by atoms with Gasteiger partial charge in [0.1, 0.15) is 0 Å². The lowest BCUT2D eigenvalue weighted by atomic mass is 10.1. The number of aromatic nitrogens is 2. The fourth-order valence-electron chi connectivity index (χ4n) is 3.61. The van der Waals surface area contributed by atoms with Crippen LogP contribution in [0.1, 0.15) is 34.9 Å². The Morgan fingerprint density at radius 3 is 2.42 bits per heavy atom. The third kappa shape index (κ3) is 3.15. The molecule has 0 radical (unpaired) electrons. The zero-order chi connectivity index (χ0) is 18.1. The Kier molecular flexibility index (Phi) is 4.33.